The van der Waals surface area contributed by atoms with Gasteiger partial charge in [-0.05, 0) is 23.6 Å². The number of benzene rings is 1. The average molecular weight is 381 g/mol. The quantitative estimate of drug-likeness (QED) is 0.802. The second-order valence-corrected chi connectivity index (χ2v) is 6.88. The van der Waals surface area contributed by atoms with Crippen LogP contribution in [0.5, 0.6) is 0 Å². The maximum Gasteiger partial charge on any atom is 0.303 e. The second-order valence-electron chi connectivity index (χ2n) is 5.96. The van der Waals surface area contributed by atoms with Crippen molar-refractivity contribution in [3.05, 3.63) is 35.3 Å². The predicted molar refractivity (Wildman–Crippen MR) is 88.3 cm³/mol. The molecule has 2 aromatic rings. The number of halogens is 1. The number of amides is 1. The van der Waals surface area contributed by atoms with Gasteiger partial charge in [0.05, 0.1) is 17.8 Å². The van der Waals surface area contributed by atoms with E-state index in [1.165, 1.54) is 12.7 Å². The van der Waals surface area contributed by atoms with Crippen LogP contribution in [-0.4, -0.2) is 31.7 Å². The largest absolute Gasteiger partial charge is 0.481 e. The molecule has 1 aromatic heterocycles. The zero-order valence-electron chi connectivity index (χ0n) is 12.8. The molecule has 1 amide bonds. The van der Waals surface area contributed by atoms with Crippen LogP contribution in [0.2, 0.25) is 0 Å². The molecule has 2 N–H and O–H groups in total. The fraction of sp³-hybridized carbons (Fsp3) is 0.333. The van der Waals surface area contributed by atoms with Crippen LogP contribution in [0.15, 0.2) is 35.3 Å². The van der Waals surface area contributed by atoms with Crippen LogP contribution in [-0.2, 0) is 9.59 Å². The summed E-state index contributed by atoms with van der Waals surface area (Å²) in [6.07, 6.45) is 2.97. The monoisotopic (exact) mass is 380 g/mol. The topological polar surface area (TPSA) is 97.1 Å². The number of aromatic nitrogens is 3. The molecule has 0 aliphatic heterocycles. The number of aliphatic carboxylic acids is 1. The minimum atomic E-state index is -0.923. The Morgan fingerprint density at radius 3 is 2.70 bits per heavy atom. The molecule has 0 saturated heterocycles. The number of carboxylic acids is 1. The van der Waals surface area contributed by atoms with Gasteiger partial charge in [-0.3, -0.25) is 9.59 Å². The van der Waals surface area contributed by atoms with Crippen molar-refractivity contribution in [3.8, 4) is 5.69 Å². The number of hydrogen-bond donors (Lipinski definition) is 2. The van der Waals surface area contributed by atoms with Crippen molar-refractivity contribution in [2.45, 2.75) is 26.7 Å². The first kappa shape index (κ1) is 17.1. The van der Waals surface area contributed by atoms with E-state index < -0.39 is 11.4 Å². The van der Waals surface area contributed by atoms with Crippen molar-refractivity contribution in [2.24, 2.45) is 5.41 Å². The summed E-state index contributed by atoms with van der Waals surface area (Å²) in [6.45, 7) is 3.50. The molecule has 0 fully saturated rings. The van der Waals surface area contributed by atoms with Crippen molar-refractivity contribution in [1.82, 2.24) is 14.8 Å². The van der Waals surface area contributed by atoms with Crippen LogP contribution >= 0.6 is 15.9 Å². The minimum Gasteiger partial charge on any atom is -0.481 e. The number of anilines is 1. The Hall–Kier alpha value is -2.22. The number of hydrogen-bond acceptors (Lipinski definition) is 4. The SMILES string of the molecule is CC(C)(CC(=O)O)CC(=O)Nc1cc(Br)ccc1-n1cncn1. The van der Waals surface area contributed by atoms with Gasteiger partial charge in [0.15, 0.2) is 0 Å². The molecule has 0 atom stereocenters. The zero-order valence-corrected chi connectivity index (χ0v) is 14.4. The fourth-order valence-electron chi connectivity index (χ4n) is 2.24. The number of nitrogens with one attached hydrogen (secondary N) is 1. The molecule has 23 heavy (non-hydrogen) atoms. The molecular formula is C15H17BrN4O3. The summed E-state index contributed by atoms with van der Waals surface area (Å²) >= 11 is 3.37. The van der Waals surface area contributed by atoms with E-state index in [2.05, 4.69) is 31.3 Å². The normalized spacial score (nSPS) is 11.3. The molecule has 0 aliphatic carbocycles. The summed E-state index contributed by atoms with van der Waals surface area (Å²) in [6, 6.07) is 5.40. The van der Waals surface area contributed by atoms with Crippen LogP contribution in [0.4, 0.5) is 5.69 Å². The van der Waals surface area contributed by atoms with Gasteiger partial charge >= 0.3 is 5.97 Å². The lowest BCUT2D eigenvalue weighted by Gasteiger charge is -2.22. The number of carboxylic acid groups (broad SMARTS) is 1. The van der Waals surface area contributed by atoms with E-state index in [0.29, 0.717) is 11.4 Å². The molecule has 1 aromatic carbocycles. The Kier molecular flexibility index (Phi) is 5.15. The van der Waals surface area contributed by atoms with E-state index >= 15 is 0 Å². The summed E-state index contributed by atoms with van der Waals surface area (Å²) < 4.78 is 2.35. The standard InChI is InChI=1S/C15H17BrN4O3/c1-15(2,7-14(22)23)6-13(21)19-11-5-10(16)3-4-12(11)20-9-17-8-18-20/h3-5,8-9H,6-7H2,1-2H3,(H,19,21)(H,22,23). The van der Waals surface area contributed by atoms with E-state index in [1.54, 1.807) is 30.7 Å². The third-order valence-corrected chi connectivity index (χ3v) is 3.66. The van der Waals surface area contributed by atoms with E-state index in [4.69, 9.17) is 5.11 Å². The van der Waals surface area contributed by atoms with Gasteiger partial charge < -0.3 is 10.4 Å². The fourth-order valence-corrected chi connectivity index (χ4v) is 2.60. The third kappa shape index (κ3) is 4.88. The Balaban J connectivity index is 2.18. The summed E-state index contributed by atoms with van der Waals surface area (Å²) in [5, 5.41) is 15.8. The van der Waals surface area contributed by atoms with E-state index in [0.717, 1.165) is 4.47 Å². The average Bonchev–Trinajstić information content (AvgIpc) is 2.89. The minimum absolute atomic E-state index is 0.0746. The number of carbonyl (C=O) groups is 2. The summed E-state index contributed by atoms with van der Waals surface area (Å²) in [7, 11) is 0. The zero-order chi connectivity index (χ0) is 17.0. The Bertz CT molecular complexity index is 714. The van der Waals surface area contributed by atoms with Crippen molar-refractivity contribution < 1.29 is 14.7 Å². The number of rotatable bonds is 6. The van der Waals surface area contributed by atoms with E-state index in [1.807, 2.05) is 6.07 Å². The Morgan fingerprint density at radius 1 is 1.35 bits per heavy atom. The number of nitrogens with zero attached hydrogens (tertiary/aromatic N) is 3. The molecule has 122 valence electrons. The molecule has 0 bridgehead atoms. The molecular weight excluding hydrogens is 364 g/mol. The molecule has 0 saturated carbocycles. The highest BCUT2D eigenvalue weighted by Gasteiger charge is 2.25. The summed E-state index contributed by atoms with van der Waals surface area (Å²) in [5.74, 6) is -1.18. The smallest absolute Gasteiger partial charge is 0.303 e. The lowest BCUT2D eigenvalue weighted by Crippen LogP contribution is -2.25. The Morgan fingerprint density at radius 2 is 2.09 bits per heavy atom. The first-order valence-corrected chi connectivity index (χ1v) is 7.72. The molecule has 0 aliphatic rings. The van der Waals surface area contributed by atoms with Crippen LogP contribution in [0.3, 0.4) is 0 Å². The highest BCUT2D eigenvalue weighted by Crippen LogP contribution is 2.28. The maximum atomic E-state index is 12.3. The molecule has 2 rings (SSSR count). The maximum absolute atomic E-state index is 12.3. The van der Waals surface area contributed by atoms with Gasteiger partial charge in [-0.15, -0.1) is 0 Å². The highest BCUT2D eigenvalue weighted by atomic mass is 79.9. The molecule has 1 heterocycles. The predicted octanol–water partition coefficient (Wildman–Crippen LogP) is 2.86. The van der Waals surface area contributed by atoms with E-state index in [9.17, 15) is 9.59 Å². The van der Waals surface area contributed by atoms with Gasteiger partial charge in [0, 0.05) is 10.9 Å². The molecule has 7 nitrogen and oxygen atoms in total. The van der Waals surface area contributed by atoms with Gasteiger partial charge in [0.1, 0.15) is 12.7 Å². The van der Waals surface area contributed by atoms with E-state index in [-0.39, 0.29) is 18.7 Å². The van der Waals surface area contributed by atoms with Crippen LogP contribution in [0.25, 0.3) is 5.69 Å². The lowest BCUT2D eigenvalue weighted by molar-refractivity contribution is -0.139. The number of carbonyl (C=O) groups excluding carboxylic acids is 1. The van der Waals surface area contributed by atoms with Crippen LogP contribution in [0, 0.1) is 5.41 Å². The van der Waals surface area contributed by atoms with Gasteiger partial charge in [-0.1, -0.05) is 29.8 Å². The van der Waals surface area contributed by atoms with Crippen molar-refractivity contribution in [1.29, 1.82) is 0 Å². The summed E-state index contributed by atoms with van der Waals surface area (Å²) in [4.78, 5) is 27.0. The van der Waals surface area contributed by atoms with Crippen molar-refractivity contribution in [2.75, 3.05) is 5.32 Å². The third-order valence-electron chi connectivity index (χ3n) is 3.17. The molecule has 0 unspecified atom stereocenters. The Labute approximate surface area is 141 Å². The highest BCUT2D eigenvalue weighted by molar-refractivity contribution is 9.10. The van der Waals surface area contributed by atoms with Crippen molar-refractivity contribution in [3.63, 3.8) is 0 Å². The molecule has 0 radical (unpaired) electrons. The van der Waals surface area contributed by atoms with Gasteiger partial charge in [-0.25, -0.2) is 9.67 Å². The van der Waals surface area contributed by atoms with Gasteiger partial charge in [0.2, 0.25) is 5.91 Å². The second kappa shape index (κ2) is 6.91. The molecule has 0 spiro atoms. The first-order valence-electron chi connectivity index (χ1n) is 6.93. The van der Waals surface area contributed by atoms with Gasteiger partial charge in [-0.2, -0.15) is 5.10 Å². The van der Waals surface area contributed by atoms with Crippen LogP contribution in [0.1, 0.15) is 26.7 Å². The molecule has 8 heteroatoms. The van der Waals surface area contributed by atoms with Crippen molar-refractivity contribution >= 4 is 33.5 Å². The summed E-state index contributed by atoms with van der Waals surface area (Å²) in [5.41, 5.74) is 0.617. The first-order chi connectivity index (χ1) is 10.8. The van der Waals surface area contributed by atoms with Gasteiger partial charge in [0.25, 0.3) is 0 Å². The van der Waals surface area contributed by atoms with Crippen LogP contribution < -0.4 is 5.32 Å². The lowest BCUT2D eigenvalue weighted by atomic mass is 9.85.